The zero-order valence-corrected chi connectivity index (χ0v) is 12.4. The second kappa shape index (κ2) is 5.25. The summed E-state index contributed by atoms with van der Waals surface area (Å²) in [5, 5.41) is 19.7. The van der Waals surface area contributed by atoms with Crippen molar-refractivity contribution in [2.24, 2.45) is 0 Å². The summed E-state index contributed by atoms with van der Waals surface area (Å²) in [5.74, 6) is 1.17. The maximum atomic E-state index is 10.1. The van der Waals surface area contributed by atoms with E-state index >= 15 is 0 Å². The molecule has 0 aliphatic rings. The summed E-state index contributed by atoms with van der Waals surface area (Å²) in [6, 6.07) is 9.64. The van der Waals surface area contributed by atoms with Crippen molar-refractivity contribution in [3.63, 3.8) is 0 Å². The molecule has 0 saturated heterocycles. The highest BCUT2D eigenvalue weighted by atomic mass is 35.5. The average molecular weight is 293 g/mol. The van der Waals surface area contributed by atoms with E-state index < -0.39 is 0 Å². The summed E-state index contributed by atoms with van der Waals surface area (Å²) in [5.41, 5.74) is 0.709. The molecule has 0 atom stereocenters. The zero-order chi connectivity index (χ0) is 14.9. The van der Waals surface area contributed by atoms with Crippen molar-refractivity contribution >= 4 is 11.6 Å². The normalized spacial score (nSPS) is 11.4. The van der Waals surface area contributed by atoms with Crippen LogP contribution in [0.3, 0.4) is 0 Å². The highest BCUT2D eigenvalue weighted by molar-refractivity contribution is 6.32. The number of phenols is 2. The van der Waals surface area contributed by atoms with Crippen LogP contribution in [0, 0.1) is 0 Å². The quantitative estimate of drug-likeness (QED) is 0.832. The van der Waals surface area contributed by atoms with E-state index in [0.717, 1.165) is 5.56 Å². The molecular weight excluding hydrogens is 276 g/mol. The first-order chi connectivity index (χ1) is 9.27. The van der Waals surface area contributed by atoms with Crippen LogP contribution in [-0.2, 0) is 5.41 Å². The molecule has 0 amide bonds. The van der Waals surface area contributed by atoms with E-state index in [-0.39, 0.29) is 16.9 Å². The lowest BCUT2D eigenvalue weighted by atomic mass is 9.86. The molecule has 0 bridgehead atoms. The van der Waals surface area contributed by atoms with E-state index in [1.807, 2.05) is 26.8 Å². The summed E-state index contributed by atoms with van der Waals surface area (Å²) < 4.78 is 5.61. The molecule has 2 rings (SSSR count). The minimum absolute atomic E-state index is 0.0771. The molecule has 106 valence electrons. The second-order valence-corrected chi connectivity index (χ2v) is 6.05. The van der Waals surface area contributed by atoms with E-state index in [9.17, 15) is 10.2 Å². The van der Waals surface area contributed by atoms with Crippen LogP contribution >= 0.6 is 11.6 Å². The number of phenolic OH excluding ortho intramolecular Hbond substituents is 2. The van der Waals surface area contributed by atoms with E-state index in [1.54, 1.807) is 18.2 Å². The number of benzene rings is 2. The summed E-state index contributed by atoms with van der Waals surface area (Å²) in [4.78, 5) is 0. The fourth-order valence-corrected chi connectivity index (χ4v) is 2.12. The van der Waals surface area contributed by atoms with Gasteiger partial charge in [0.15, 0.2) is 0 Å². The molecule has 0 aromatic heterocycles. The van der Waals surface area contributed by atoms with Crippen LogP contribution in [0.2, 0.25) is 5.02 Å². The number of hydrogen-bond donors (Lipinski definition) is 2. The first kappa shape index (κ1) is 14.5. The van der Waals surface area contributed by atoms with Crippen molar-refractivity contribution in [1.82, 2.24) is 0 Å². The SMILES string of the molecule is CC(C)(C)c1ccc(Oc2ccc(O)cc2Cl)cc1O. The van der Waals surface area contributed by atoms with Crippen LogP contribution < -0.4 is 4.74 Å². The maximum Gasteiger partial charge on any atom is 0.146 e. The molecule has 20 heavy (non-hydrogen) atoms. The largest absolute Gasteiger partial charge is 0.508 e. The molecule has 0 heterocycles. The van der Waals surface area contributed by atoms with Gasteiger partial charge in [-0.1, -0.05) is 38.4 Å². The number of rotatable bonds is 2. The van der Waals surface area contributed by atoms with Crippen molar-refractivity contribution in [2.75, 3.05) is 0 Å². The van der Waals surface area contributed by atoms with Gasteiger partial charge in [0, 0.05) is 12.1 Å². The monoisotopic (exact) mass is 292 g/mol. The summed E-state index contributed by atoms with van der Waals surface area (Å²) in [7, 11) is 0. The van der Waals surface area contributed by atoms with E-state index in [4.69, 9.17) is 16.3 Å². The third-order valence-electron chi connectivity index (χ3n) is 2.92. The Kier molecular flexibility index (Phi) is 3.82. The molecule has 0 spiro atoms. The van der Waals surface area contributed by atoms with Crippen molar-refractivity contribution < 1.29 is 14.9 Å². The predicted molar refractivity (Wildman–Crippen MR) is 80.0 cm³/mol. The molecular formula is C16H17ClO3. The lowest BCUT2D eigenvalue weighted by Gasteiger charge is -2.20. The van der Waals surface area contributed by atoms with Crippen LogP contribution in [0.5, 0.6) is 23.0 Å². The van der Waals surface area contributed by atoms with Gasteiger partial charge in [0.2, 0.25) is 0 Å². The molecule has 0 fully saturated rings. The summed E-state index contributed by atoms with van der Waals surface area (Å²) in [6.45, 7) is 6.08. The van der Waals surface area contributed by atoms with Gasteiger partial charge in [0.25, 0.3) is 0 Å². The fourth-order valence-electron chi connectivity index (χ4n) is 1.91. The van der Waals surface area contributed by atoms with Crippen molar-refractivity contribution in [3.05, 3.63) is 47.0 Å². The van der Waals surface area contributed by atoms with Gasteiger partial charge in [-0.2, -0.15) is 0 Å². The molecule has 0 aliphatic heterocycles. The molecule has 4 heteroatoms. The van der Waals surface area contributed by atoms with Crippen LogP contribution in [0.4, 0.5) is 0 Å². The smallest absolute Gasteiger partial charge is 0.146 e. The van der Waals surface area contributed by atoms with Gasteiger partial charge in [0.05, 0.1) is 5.02 Å². The van der Waals surface area contributed by atoms with Gasteiger partial charge in [-0.05, 0) is 29.2 Å². The van der Waals surface area contributed by atoms with Gasteiger partial charge in [-0.3, -0.25) is 0 Å². The van der Waals surface area contributed by atoms with Gasteiger partial charge >= 0.3 is 0 Å². The zero-order valence-electron chi connectivity index (χ0n) is 11.6. The maximum absolute atomic E-state index is 10.1. The van der Waals surface area contributed by atoms with Crippen molar-refractivity contribution in [2.45, 2.75) is 26.2 Å². The number of hydrogen-bond acceptors (Lipinski definition) is 3. The Morgan fingerprint density at radius 2 is 1.70 bits per heavy atom. The summed E-state index contributed by atoms with van der Waals surface area (Å²) in [6.07, 6.45) is 0. The molecule has 2 N–H and O–H groups in total. The van der Waals surface area contributed by atoms with Gasteiger partial charge < -0.3 is 14.9 Å². The Bertz CT molecular complexity index is 630. The molecule has 0 saturated carbocycles. The molecule has 2 aromatic rings. The third kappa shape index (κ3) is 3.17. The van der Waals surface area contributed by atoms with Gasteiger partial charge in [-0.25, -0.2) is 0 Å². The Morgan fingerprint density at radius 1 is 1.00 bits per heavy atom. The number of halogens is 1. The van der Waals surface area contributed by atoms with E-state index in [2.05, 4.69) is 0 Å². The minimum atomic E-state index is -0.140. The Morgan fingerprint density at radius 3 is 2.25 bits per heavy atom. The first-order valence-corrected chi connectivity index (χ1v) is 6.65. The van der Waals surface area contributed by atoms with E-state index in [0.29, 0.717) is 16.5 Å². The van der Waals surface area contributed by atoms with E-state index in [1.165, 1.54) is 12.1 Å². The van der Waals surface area contributed by atoms with Gasteiger partial charge in [0.1, 0.15) is 23.0 Å². The number of ether oxygens (including phenoxy) is 1. The van der Waals surface area contributed by atoms with Crippen LogP contribution in [0.15, 0.2) is 36.4 Å². The standard InChI is InChI=1S/C16H17ClO3/c1-16(2,3)12-6-5-11(9-14(12)19)20-15-7-4-10(18)8-13(15)17/h4-9,18-19H,1-3H3. The molecule has 0 aliphatic carbocycles. The Balaban J connectivity index is 2.29. The topological polar surface area (TPSA) is 49.7 Å². The van der Waals surface area contributed by atoms with Crippen LogP contribution in [0.1, 0.15) is 26.3 Å². The highest BCUT2D eigenvalue weighted by Gasteiger charge is 2.18. The molecule has 2 aromatic carbocycles. The fraction of sp³-hybridized carbons (Fsp3) is 0.250. The lowest BCUT2D eigenvalue weighted by molar-refractivity contribution is 0.433. The van der Waals surface area contributed by atoms with Crippen molar-refractivity contribution in [1.29, 1.82) is 0 Å². The highest BCUT2D eigenvalue weighted by Crippen LogP contribution is 2.36. The van der Waals surface area contributed by atoms with Gasteiger partial charge in [-0.15, -0.1) is 0 Å². The van der Waals surface area contributed by atoms with Crippen LogP contribution in [-0.4, -0.2) is 10.2 Å². The minimum Gasteiger partial charge on any atom is -0.508 e. The molecule has 0 unspecified atom stereocenters. The number of aromatic hydroxyl groups is 2. The van der Waals surface area contributed by atoms with Crippen molar-refractivity contribution in [3.8, 4) is 23.0 Å². The predicted octanol–water partition coefficient (Wildman–Crippen LogP) is 4.84. The molecule has 3 nitrogen and oxygen atoms in total. The summed E-state index contributed by atoms with van der Waals surface area (Å²) >= 11 is 5.98. The van der Waals surface area contributed by atoms with Crippen LogP contribution in [0.25, 0.3) is 0 Å². The lowest BCUT2D eigenvalue weighted by Crippen LogP contribution is -2.11. The average Bonchev–Trinajstić information content (AvgIpc) is 2.31. The first-order valence-electron chi connectivity index (χ1n) is 6.27. The third-order valence-corrected chi connectivity index (χ3v) is 3.22. The second-order valence-electron chi connectivity index (χ2n) is 5.65. The Labute approximate surface area is 123 Å². The molecule has 0 radical (unpaired) electrons. The Hall–Kier alpha value is -1.87.